The Balaban J connectivity index is 1.37. The Bertz CT molecular complexity index is 1380. The Hall–Kier alpha value is -4.74. The first-order valence-corrected chi connectivity index (χ1v) is 12.3. The van der Waals surface area contributed by atoms with E-state index in [1.807, 2.05) is 0 Å². The number of ether oxygens (including phenoxy) is 1. The normalized spacial score (nSPS) is 16.9. The van der Waals surface area contributed by atoms with Crippen LogP contribution in [-0.2, 0) is 20.9 Å². The van der Waals surface area contributed by atoms with Crippen LogP contribution in [-0.4, -0.2) is 59.3 Å². The molecule has 1 saturated heterocycles. The molecule has 12 nitrogen and oxygen atoms in total. The van der Waals surface area contributed by atoms with Gasteiger partial charge in [-0.15, -0.1) is 0 Å². The molecule has 1 unspecified atom stereocenters. The molecule has 1 atom stereocenters. The average Bonchev–Trinajstić information content (AvgIpc) is 3.11. The van der Waals surface area contributed by atoms with E-state index in [4.69, 9.17) is 4.74 Å². The average molecular weight is 536 g/mol. The summed E-state index contributed by atoms with van der Waals surface area (Å²) in [4.78, 5) is 76.5. The molecular formula is C27H29N5O7. The molecule has 0 spiro atoms. The third-order valence-corrected chi connectivity index (χ3v) is 6.12. The van der Waals surface area contributed by atoms with Crippen molar-refractivity contribution in [1.82, 2.24) is 15.5 Å². The molecule has 39 heavy (non-hydrogen) atoms. The number of urea groups is 1. The summed E-state index contributed by atoms with van der Waals surface area (Å²) in [6.07, 6.45) is -0.432. The van der Waals surface area contributed by atoms with Crippen LogP contribution in [0, 0.1) is 0 Å². The highest BCUT2D eigenvalue weighted by molar-refractivity contribution is 6.23. The van der Waals surface area contributed by atoms with Gasteiger partial charge in [-0.05, 0) is 63.1 Å². The summed E-state index contributed by atoms with van der Waals surface area (Å²) in [6.45, 7) is 5.36. The number of carbonyl (C=O) groups is 6. The zero-order chi connectivity index (χ0) is 28.5. The molecule has 3 N–H and O–H groups in total. The molecule has 0 aliphatic carbocycles. The van der Waals surface area contributed by atoms with Gasteiger partial charge in [0.05, 0.1) is 11.1 Å². The van der Waals surface area contributed by atoms with Crippen molar-refractivity contribution < 1.29 is 33.5 Å². The third kappa shape index (κ3) is 6.06. The van der Waals surface area contributed by atoms with Gasteiger partial charge in [0.1, 0.15) is 11.6 Å². The lowest BCUT2D eigenvalue weighted by atomic mass is 10.0. The summed E-state index contributed by atoms with van der Waals surface area (Å²) < 4.78 is 5.36. The second-order valence-electron chi connectivity index (χ2n) is 10.2. The van der Waals surface area contributed by atoms with E-state index in [1.54, 1.807) is 58.2 Å². The monoisotopic (exact) mass is 535 g/mol. The molecule has 2 aliphatic heterocycles. The summed E-state index contributed by atoms with van der Waals surface area (Å²) in [7, 11) is 1.56. The Labute approximate surface area is 224 Å². The van der Waals surface area contributed by atoms with Crippen molar-refractivity contribution in [2.45, 2.75) is 51.8 Å². The first-order chi connectivity index (χ1) is 18.3. The van der Waals surface area contributed by atoms with E-state index in [0.717, 1.165) is 4.90 Å². The number of imide groups is 2. The van der Waals surface area contributed by atoms with Crippen molar-refractivity contribution in [1.29, 1.82) is 0 Å². The second-order valence-corrected chi connectivity index (χ2v) is 10.2. The van der Waals surface area contributed by atoms with Gasteiger partial charge in [0, 0.05) is 31.4 Å². The minimum atomic E-state index is -1.05. The number of hydrogen-bond donors (Lipinski definition) is 3. The number of amides is 7. The first-order valence-electron chi connectivity index (χ1n) is 12.3. The molecule has 4 rings (SSSR count). The molecule has 0 radical (unpaired) electrons. The lowest BCUT2D eigenvalue weighted by Gasteiger charge is -2.27. The van der Waals surface area contributed by atoms with Gasteiger partial charge >= 0.3 is 12.1 Å². The molecular weight excluding hydrogens is 506 g/mol. The number of piperidine rings is 1. The van der Waals surface area contributed by atoms with Gasteiger partial charge < -0.3 is 15.4 Å². The molecule has 1 fully saturated rings. The molecule has 12 heteroatoms. The number of hydrogen-bond acceptors (Lipinski definition) is 7. The van der Waals surface area contributed by atoms with Crippen LogP contribution < -0.4 is 20.9 Å². The molecule has 0 saturated carbocycles. The standard InChI is InChI=1S/C27H29N5O7/c1-27(2,3)39-26(38)31(4)17-7-5-6-16(13-17)29-25(37)28-14-15-8-9-18-19(12-15)24(36)32(23(18)35)20-10-11-21(33)30-22(20)34/h5-9,12-13,20H,10-11,14H2,1-4H3,(H2,28,29,37)(H,30,33,34). The Kier molecular flexibility index (Phi) is 7.39. The minimum absolute atomic E-state index is 0.0360. The van der Waals surface area contributed by atoms with Crippen LogP contribution in [0.5, 0.6) is 0 Å². The number of nitrogens with zero attached hydrogens (tertiary/aromatic N) is 2. The van der Waals surface area contributed by atoms with Crippen LogP contribution in [0.1, 0.15) is 59.9 Å². The van der Waals surface area contributed by atoms with Crippen LogP contribution in [0.3, 0.4) is 0 Å². The molecule has 204 valence electrons. The van der Waals surface area contributed by atoms with Crippen LogP contribution in [0.15, 0.2) is 42.5 Å². The van der Waals surface area contributed by atoms with E-state index in [9.17, 15) is 28.8 Å². The van der Waals surface area contributed by atoms with E-state index in [2.05, 4.69) is 16.0 Å². The summed E-state index contributed by atoms with van der Waals surface area (Å²) >= 11 is 0. The molecule has 0 aromatic heterocycles. The first kappa shape index (κ1) is 27.3. The number of fused-ring (bicyclic) bond motifs is 1. The van der Waals surface area contributed by atoms with Crippen molar-refractivity contribution in [3.63, 3.8) is 0 Å². The second kappa shape index (κ2) is 10.6. The maximum absolute atomic E-state index is 13.0. The maximum Gasteiger partial charge on any atom is 0.414 e. The smallest absolute Gasteiger partial charge is 0.414 e. The SMILES string of the molecule is CN(C(=O)OC(C)(C)C)c1cccc(NC(=O)NCc2ccc3c(c2)C(=O)N(C2CCC(=O)NC2=O)C3=O)c1. The van der Waals surface area contributed by atoms with Gasteiger partial charge in [0.2, 0.25) is 11.8 Å². The van der Waals surface area contributed by atoms with E-state index in [1.165, 1.54) is 17.0 Å². The quantitative estimate of drug-likeness (QED) is 0.498. The van der Waals surface area contributed by atoms with Gasteiger partial charge in [-0.3, -0.25) is 34.3 Å². The lowest BCUT2D eigenvalue weighted by molar-refractivity contribution is -0.136. The number of rotatable bonds is 5. The van der Waals surface area contributed by atoms with E-state index < -0.39 is 47.4 Å². The van der Waals surface area contributed by atoms with E-state index in [0.29, 0.717) is 16.9 Å². The Morgan fingerprint density at radius 3 is 2.46 bits per heavy atom. The molecule has 7 amide bonds. The van der Waals surface area contributed by atoms with Gasteiger partial charge in [-0.1, -0.05) is 12.1 Å². The molecule has 2 aromatic rings. The van der Waals surface area contributed by atoms with Crippen LogP contribution in [0.25, 0.3) is 0 Å². The molecule has 2 aliphatic rings. The fraction of sp³-hybridized carbons (Fsp3) is 0.333. The van der Waals surface area contributed by atoms with Crippen molar-refractivity contribution in [2.75, 3.05) is 17.3 Å². The number of benzene rings is 2. The third-order valence-electron chi connectivity index (χ3n) is 6.12. The van der Waals surface area contributed by atoms with Crippen LogP contribution in [0.2, 0.25) is 0 Å². The van der Waals surface area contributed by atoms with Gasteiger partial charge in [0.15, 0.2) is 0 Å². The predicted molar refractivity (Wildman–Crippen MR) is 140 cm³/mol. The highest BCUT2D eigenvalue weighted by atomic mass is 16.6. The van der Waals surface area contributed by atoms with Gasteiger partial charge in [-0.2, -0.15) is 0 Å². The van der Waals surface area contributed by atoms with Crippen LogP contribution >= 0.6 is 0 Å². The van der Waals surface area contributed by atoms with Crippen molar-refractivity contribution >= 4 is 47.1 Å². The van der Waals surface area contributed by atoms with Gasteiger partial charge in [0.25, 0.3) is 11.8 Å². The highest BCUT2D eigenvalue weighted by Crippen LogP contribution is 2.28. The fourth-order valence-corrected chi connectivity index (χ4v) is 4.21. The largest absolute Gasteiger partial charge is 0.443 e. The number of carbonyl (C=O) groups excluding carboxylic acids is 6. The van der Waals surface area contributed by atoms with Gasteiger partial charge in [-0.25, -0.2) is 9.59 Å². The topological polar surface area (TPSA) is 154 Å². The number of anilines is 2. The summed E-state index contributed by atoms with van der Waals surface area (Å²) in [6, 6.07) is 9.67. The zero-order valence-corrected chi connectivity index (χ0v) is 22.0. The Morgan fingerprint density at radius 2 is 1.77 bits per heavy atom. The van der Waals surface area contributed by atoms with E-state index >= 15 is 0 Å². The fourth-order valence-electron chi connectivity index (χ4n) is 4.21. The summed E-state index contributed by atoms with van der Waals surface area (Å²) in [5, 5.41) is 7.54. The minimum Gasteiger partial charge on any atom is -0.443 e. The van der Waals surface area contributed by atoms with Crippen LogP contribution in [0.4, 0.5) is 21.0 Å². The summed E-state index contributed by atoms with van der Waals surface area (Å²) in [5.74, 6) is -2.35. The molecule has 2 heterocycles. The van der Waals surface area contributed by atoms with E-state index in [-0.39, 0.29) is 30.5 Å². The number of nitrogens with one attached hydrogen (secondary N) is 3. The molecule has 2 aromatic carbocycles. The molecule has 0 bridgehead atoms. The van der Waals surface area contributed by atoms with Crippen molar-refractivity contribution in [3.05, 3.63) is 59.2 Å². The van der Waals surface area contributed by atoms with Crippen molar-refractivity contribution in [2.24, 2.45) is 0 Å². The van der Waals surface area contributed by atoms with Crippen molar-refractivity contribution in [3.8, 4) is 0 Å². The predicted octanol–water partition coefficient (Wildman–Crippen LogP) is 2.78. The highest BCUT2D eigenvalue weighted by Gasteiger charge is 2.44. The Morgan fingerprint density at radius 1 is 1.05 bits per heavy atom. The maximum atomic E-state index is 13.0. The zero-order valence-electron chi connectivity index (χ0n) is 22.0. The lowest BCUT2D eigenvalue weighted by Crippen LogP contribution is -2.54. The summed E-state index contributed by atoms with van der Waals surface area (Å²) in [5.41, 5.74) is 1.15.